The summed E-state index contributed by atoms with van der Waals surface area (Å²) in [6.45, 7) is 4.16. The molecular weight excluding hydrogens is 152 g/mol. The van der Waals surface area contributed by atoms with Crippen LogP contribution >= 0.6 is 0 Å². The number of rotatable bonds is 1. The van der Waals surface area contributed by atoms with Crippen LogP contribution in [0.4, 0.5) is 0 Å². The summed E-state index contributed by atoms with van der Waals surface area (Å²) >= 11 is 0. The summed E-state index contributed by atoms with van der Waals surface area (Å²) < 4.78 is 5.46. The van der Waals surface area contributed by atoms with E-state index in [0.29, 0.717) is 11.6 Å². The third-order valence-corrected chi connectivity index (χ3v) is 1.75. The summed E-state index contributed by atoms with van der Waals surface area (Å²) in [6, 6.07) is 1.94. The van der Waals surface area contributed by atoms with Crippen LogP contribution in [0.25, 0.3) is 11.2 Å². The van der Waals surface area contributed by atoms with E-state index in [2.05, 4.69) is 23.8 Å². The zero-order chi connectivity index (χ0) is 8.55. The van der Waals surface area contributed by atoms with E-state index < -0.39 is 0 Å². The van der Waals surface area contributed by atoms with Gasteiger partial charge in [-0.05, 0) is 0 Å². The van der Waals surface area contributed by atoms with Gasteiger partial charge in [-0.25, -0.2) is 9.97 Å². The van der Waals surface area contributed by atoms with E-state index in [0.717, 1.165) is 11.3 Å². The molecule has 0 fully saturated rings. The molecule has 0 bridgehead atoms. The Morgan fingerprint density at radius 1 is 1.25 bits per heavy atom. The molecule has 0 saturated carbocycles. The normalized spacial score (nSPS) is 11.2. The smallest absolute Gasteiger partial charge is 0.245 e. The molecule has 0 aliphatic heterocycles. The van der Waals surface area contributed by atoms with Crippen molar-refractivity contribution in [3.05, 3.63) is 24.2 Å². The molecule has 0 aliphatic rings. The standard InChI is InChI=1S/C9H10N2O/c1-6(2)8-5-7-9(12-8)11-4-3-10-7/h3-6H,1-2H3. The van der Waals surface area contributed by atoms with Gasteiger partial charge in [-0.3, -0.25) is 0 Å². The number of hydrogen-bond donors (Lipinski definition) is 0. The van der Waals surface area contributed by atoms with Gasteiger partial charge >= 0.3 is 0 Å². The predicted molar refractivity (Wildman–Crippen MR) is 45.9 cm³/mol. The molecule has 2 aromatic heterocycles. The zero-order valence-electron chi connectivity index (χ0n) is 7.11. The Kier molecular flexibility index (Phi) is 1.57. The van der Waals surface area contributed by atoms with Crippen LogP contribution in [0.3, 0.4) is 0 Å². The average Bonchev–Trinajstić information content (AvgIpc) is 2.46. The molecular formula is C9H10N2O. The maximum absolute atomic E-state index is 5.46. The molecule has 0 spiro atoms. The van der Waals surface area contributed by atoms with Gasteiger partial charge in [0.25, 0.3) is 0 Å². The van der Waals surface area contributed by atoms with Crippen molar-refractivity contribution in [2.45, 2.75) is 19.8 Å². The SMILES string of the molecule is CC(C)c1cc2nccnc2o1. The van der Waals surface area contributed by atoms with Crippen molar-refractivity contribution in [2.24, 2.45) is 0 Å². The van der Waals surface area contributed by atoms with Gasteiger partial charge < -0.3 is 4.42 Å². The summed E-state index contributed by atoms with van der Waals surface area (Å²) in [5, 5.41) is 0. The van der Waals surface area contributed by atoms with E-state index >= 15 is 0 Å². The molecule has 12 heavy (non-hydrogen) atoms. The minimum atomic E-state index is 0.390. The largest absolute Gasteiger partial charge is 0.441 e. The van der Waals surface area contributed by atoms with Gasteiger partial charge in [0.2, 0.25) is 5.71 Å². The van der Waals surface area contributed by atoms with Gasteiger partial charge in [-0.1, -0.05) is 13.8 Å². The summed E-state index contributed by atoms with van der Waals surface area (Å²) in [5.41, 5.74) is 1.46. The predicted octanol–water partition coefficient (Wildman–Crippen LogP) is 2.35. The topological polar surface area (TPSA) is 38.9 Å². The maximum Gasteiger partial charge on any atom is 0.245 e. The lowest BCUT2D eigenvalue weighted by atomic mass is 10.2. The fraction of sp³-hybridized carbons (Fsp3) is 0.333. The van der Waals surface area contributed by atoms with Gasteiger partial charge in [0.1, 0.15) is 11.3 Å². The van der Waals surface area contributed by atoms with Crippen molar-refractivity contribution in [1.82, 2.24) is 9.97 Å². The Morgan fingerprint density at radius 3 is 2.67 bits per heavy atom. The highest BCUT2D eigenvalue weighted by molar-refractivity contribution is 5.68. The third-order valence-electron chi connectivity index (χ3n) is 1.75. The van der Waals surface area contributed by atoms with E-state index in [9.17, 15) is 0 Å². The van der Waals surface area contributed by atoms with Crippen molar-refractivity contribution in [1.29, 1.82) is 0 Å². The molecule has 0 amide bonds. The second-order valence-electron chi connectivity index (χ2n) is 3.05. The van der Waals surface area contributed by atoms with Crippen LogP contribution in [0.2, 0.25) is 0 Å². The van der Waals surface area contributed by atoms with E-state index in [1.165, 1.54) is 0 Å². The first-order chi connectivity index (χ1) is 5.77. The van der Waals surface area contributed by atoms with Crippen LogP contribution in [0.5, 0.6) is 0 Å². The van der Waals surface area contributed by atoms with Crippen LogP contribution in [-0.4, -0.2) is 9.97 Å². The highest BCUT2D eigenvalue weighted by Gasteiger charge is 2.07. The fourth-order valence-corrected chi connectivity index (χ4v) is 1.07. The first-order valence-electron chi connectivity index (χ1n) is 3.98. The molecule has 0 aliphatic carbocycles. The van der Waals surface area contributed by atoms with Crippen LogP contribution in [-0.2, 0) is 0 Å². The highest BCUT2D eigenvalue weighted by atomic mass is 16.3. The molecule has 0 saturated heterocycles. The minimum Gasteiger partial charge on any atom is -0.441 e. The second kappa shape index (κ2) is 2.59. The van der Waals surface area contributed by atoms with Gasteiger partial charge in [0, 0.05) is 24.4 Å². The molecule has 0 radical (unpaired) electrons. The first kappa shape index (κ1) is 7.28. The number of aromatic nitrogens is 2. The van der Waals surface area contributed by atoms with Crippen molar-refractivity contribution in [3.8, 4) is 0 Å². The number of hydrogen-bond acceptors (Lipinski definition) is 3. The van der Waals surface area contributed by atoms with E-state index in [-0.39, 0.29) is 0 Å². The van der Waals surface area contributed by atoms with E-state index in [4.69, 9.17) is 4.42 Å². The summed E-state index contributed by atoms with van der Waals surface area (Å²) in [5.74, 6) is 1.33. The molecule has 3 heteroatoms. The minimum absolute atomic E-state index is 0.390. The number of nitrogens with zero attached hydrogens (tertiary/aromatic N) is 2. The number of fused-ring (bicyclic) bond motifs is 1. The zero-order valence-corrected chi connectivity index (χ0v) is 7.11. The molecule has 62 valence electrons. The molecule has 3 nitrogen and oxygen atoms in total. The van der Waals surface area contributed by atoms with Gasteiger partial charge in [0.05, 0.1) is 0 Å². The third kappa shape index (κ3) is 1.07. The van der Waals surface area contributed by atoms with Crippen molar-refractivity contribution in [2.75, 3.05) is 0 Å². The monoisotopic (exact) mass is 162 g/mol. The Balaban J connectivity index is 2.62. The fourth-order valence-electron chi connectivity index (χ4n) is 1.07. The number of furan rings is 1. The first-order valence-corrected chi connectivity index (χ1v) is 3.98. The summed E-state index contributed by atoms with van der Waals surface area (Å²) in [7, 11) is 0. The summed E-state index contributed by atoms with van der Waals surface area (Å²) in [6.07, 6.45) is 3.30. The molecule has 0 aromatic carbocycles. The van der Waals surface area contributed by atoms with Crippen LogP contribution in [0, 0.1) is 0 Å². The van der Waals surface area contributed by atoms with Gasteiger partial charge in [0.15, 0.2) is 0 Å². The Morgan fingerprint density at radius 2 is 2.00 bits per heavy atom. The molecule has 2 heterocycles. The van der Waals surface area contributed by atoms with Crippen LogP contribution in [0.1, 0.15) is 25.5 Å². The van der Waals surface area contributed by atoms with E-state index in [1.54, 1.807) is 12.4 Å². The van der Waals surface area contributed by atoms with E-state index in [1.807, 2.05) is 6.07 Å². The van der Waals surface area contributed by atoms with Gasteiger partial charge in [-0.15, -0.1) is 0 Å². The lowest BCUT2D eigenvalue weighted by Gasteiger charge is -1.94. The van der Waals surface area contributed by atoms with Crippen molar-refractivity contribution in [3.63, 3.8) is 0 Å². The quantitative estimate of drug-likeness (QED) is 0.646. The Hall–Kier alpha value is -1.38. The second-order valence-corrected chi connectivity index (χ2v) is 3.05. The molecule has 2 rings (SSSR count). The highest BCUT2D eigenvalue weighted by Crippen LogP contribution is 2.20. The molecule has 0 unspecified atom stereocenters. The van der Waals surface area contributed by atoms with Crippen LogP contribution in [0.15, 0.2) is 22.9 Å². The van der Waals surface area contributed by atoms with Gasteiger partial charge in [-0.2, -0.15) is 0 Å². The molecule has 0 atom stereocenters. The average molecular weight is 162 g/mol. The lowest BCUT2D eigenvalue weighted by Crippen LogP contribution is -1.79. The summed E-state index contributed by atoms with van der Waals surface area (Å²) in [4.78, 5) is 8.18. The Labute approximate surface area is 70.4 Å². The maximum atomic E-state index is 5.46. The van der Waals surface area contributed by atoms with Crippen molar-refractivity contribution >= 4 is 11.2 Å². The Bertz CT molecular complexity index is 359. The van der Waals surface area contributed by atoms with Crippen molar-refractivity contribution < 1.29 is 4.42 Å². The van der Waals surface area contributed by atoms with Crippen LogP contribution < -0.4 is 0 Å². The molecule has 2 aromatic rings. The molecule has 0 N–H and O–H groups in total. The lowest BCUT2D eigenvalue weighted by molar-refractivity contribution is 0.513.